The van der Waals surface area contributed by atoms with Gasteiger partial charge in [0, 0.05) is 25.8 Å². The zero-order chi connectivity index (χ0) is 8.55. The third-order valence-corrected chi connectivity index (χ3v) is 2.42. The number of hydrogen-bond acceptors (Lipinski definition) is 0. The first-order chi connectivity index (χ1) is 5.79. The van der Waals surface area contributed by atoms with E-state index in [0.29, 0.717) is 11.8 Å². The van der Waals surface area contributed by atoms with Crippen LogP contribution >= 0.6 is 0 Å². The minimum Gasteiger partial charge on any atom is -1.00 e. The molecule has 3 heteroatoms. The third kappa shape index (κ3) is 3.72. The van der Waals surface area contributed by atoms with E-state index in [1.165, 1.54) is 11.1 Å². The summed E-state index contributed by atoms with van der Waals surface area (Å²) in [6.07, 6.45) is 5.51. The van der Waals surface area contributed by atoms with E-state index in [9.17, 15) is 0 Å². The number of halogens is 2. The molecule has 1 aliphatic rings. The molecule has 2 rings (SSSR count). The van der Waals surface area contributed by atoms with Crippen molar-refractivity contribution in [3.63, 3.8) is 0 Å². The molecule has 0 radical (unpaired) electrons. The van der Waals surface area contributed by atoms with E-state index in [-0.39, 0.29) is 50.7 Å². The predicted molar refractivity (Wildman–Crippen MR) is 51.7 cm³/mol. The van der Waals surface area contributed by atoms with E-state index < -0.39 is 0 Å². The van der Waals surface area contributed by atoms with Gasteiger partial charge in [-0.2, -0.15) is 5.56 Å². The first-order valence-electron chi connectivity index (χ1n) is 4.47. The molecule has 0 saturated heterocycles. The van der Waals surface area contributed by atoms with E-state index >= 15 is 0 Å². The molecular formula is C12H13Cl2Hf-3. The molecule has 0 bridgehead atoms. The van der Waals surface area contributed by atoms with E-state index in [0.717, 1.165) is 0 Å². The van der Waals surface area contributed by atoms with Crippen LogP contribution in [-0.4, -0.2) is 0 Å². The topological polar surface area (TPSA) is 0 Å². The Bertz CT molecular complexity index is 321. The first-order valence-corrected chi connectivity index (χ1v) is 4.47. The summed E-state index contributed by atoms with van der Waals surface area (Å²) in [5.41, 5.74) is 2.78. The second kappa shape index (κ2) is 7.65. The fraction of sp³-hybridized carbons (Fsp3) is 0.333. The molecule has 1 atom stereocenters. The summed E-state index contributed by atoms with van der Waals surface area (Å²) in [6.45, 7) is 4.49. The molecule has 82 valence electrons. The monoisotopic (exact) mass is 407 g/mol. The molecule has 0 heterocycles. The van der Waals surface area contributed by atoms with Gasteiger partial charge in [0.2, 0.25) is 0 Å². The van der Waals surface area contributed by atoms with E-state index in [1.54, 1.807) is 0 Å². The van der Waals surface area contributed by atoms with Crippen LogP contribution in [0.25, 0.3) is 6.08 Å². The molecule has 1 aromatic rings. The van der Waals surface area contributed by atoms with Crippen LogP contribution in [0.1, 0.15) is 30.9 Å². The predicted octanol–water partition coefficient (Wildman–Crippen LogP) is -2.74. The van der Waals surface area contributed by atoms with Gasteiger partial charge >= 0.3 is 0 Å². The summed E-state index contributed by atoms with van der Waals surface area (Å²) in [5, 5.41) is 0. The number of hydrogen-bond donors (Lipinski definition) is 0. The summed E-state index contributed by atoms with van der Waals surface area (Å²) >= 11 is 0. The molecule has 0 aliphatic heterocycles. The van der Waals surface area contributed by atoms with Crippen LogP contribution in [-0.2, 0) is 25.8 Å². The molecule has 0 aromatic heterocycles. The summed E-state index contributed by atoms with van der Waals surface area (Å²) in [5.74, 6) is 1.17. The molecule has 1 aromatic carbocycles. The van der Waals surface area contributed by atoms with Crippen LogP contribution in [0, 0.1) is 12.0 Å². The second-order valence-corrected chi connectivity index (χ2v) is 3.66. The molecule has 0 nitrogen and oxygen atoms in total. The first kappa shape index (κ1) is 17.8. The third-order valence-electron chi connectivity index (χ3n) is 2.42. The fourth-order valence-electron chi connectivity index (χ4n) is 1.75. The Kier molecular flexibility index (Phi) is 9.07. The zero-order valence-corrected chi connectivity index (χ0v) is 13.9. The maximum Gasteiger partial charge on any atom is 0 e. The minimum absolute atomic E-state index is 0. The van der Waals surface area contributed by atoms with Crippen molar-refractivity contribution in [1.29, 1.82) is 0 Å². The SMILES string of the molecule is CC(C)C1[C-]=Cc2ccccc21.[Cl-].[Cl-].[Hf]. The van der Waals surface area contributed by atoms with Gasteiger partial charge in [-0.15, -0.1) is 11.6 Å². The molecule has 15 heavy (non-hydrogen) atoms. The van der Waals surface area contributed by atoms with Crippen LogP contribution in [0.2, 0.25) is 0 Å². The van der Waals surface area contributed by atoms with Crippen LogP contribution in [0.15, 0.2) is 24.3 Å². The largest absolute Gasteiger partial charge is 1.00 e. The van der Waals surface area contributed by atoms with Gasteiger partial charge < -0.3 is 24.8 Å². The van der Waals surface area contributed by atoms with Crippen molar-refractivity contribution in [2.75, 3.05) is 0 Å². The second-order valence-electron chi connectivity index (χ2n) is 3.66. The van der Waals surface area contributed by atoms with Gasteiger partial charge in [0.15, 0.2) is 0 Å². The van der Waals surface area contributed by atoms with Gasteiger partial charge in [0.05, 0.1) is 0 Å². The van der Waals surface area contributed by atoms with Crippen molar-refractivity contribution < 1.29 is 50.7 Å². The molecule has 0 amide bonds. The standard InChI is InChI=1S/C12H13.2ClH.Hf/c1-9(2)11-8-7-10-5-3-4-6-12(10)11;;;/h3-7,9,11H,1-2H3;2*1H;/q-1;;;/p-2. The molecule has 0 spiro atoms. The summed E-state index contributed by atoms with van der Waals surface area (Å²) in [7, 11) is 0. The smallest absolute Gasteiger partial charge is 0 e. The average Bonchev–Trinajstić information content (AvgIpc) is 2.47. The minimum atomic E-state index is 0. The summed E-state index contributed by atoms with van der Waals surface area (Å²) < 4.78 is 0. The summed E-state index contributed by atoms with van der Waals surface area (Å²) in [4.78, 5) is 0. The number of benzene rings is 1. The molecule has 0 saturated carbocycles. The quantitative estimate of drug-likeness (QED) is 0.351. The van der Waals surface area contributed by atoms with Gasteiger partial charge in [-0.3, -0.25) is 6.08 Å². The van der Waals surface area contributed by atoms with Crippen LogP contribution in [0.5, 0.6) is 0 Å². The maximum absolute atomic E-state index is 3.40. The molecular weight excluding hydrogens is 394 g/mol. The molecule has 0 fully saturated rings. The van der Waals surface area contributed by atoms with Gasteiger partial charge in [0.1, 0.15) is 0 Å². The summed E-state index contributed by atoms with van der Waals surface area (Å²) in [6, 6.07) is 8.55. The van der Waals surface area contributed by atoms with Crippen molar-refractivity contribution in [2.45, 2.75) is 19.8 Å². The number of allylic oxidation sites excluding steroid dienone is 1. The Morgan fingerprint density at radius 2 is 1.73 bits per heavy atom. The van der Waals surface area contributed by atoms with E-state index in [2.05, 4.69) is 50.3 Å². The Balaban J connectivity index is 0. The molecule has 1 aliphatic carbocycles. The van der Waals surface area contributed by atoms with Crippen molar-refractivity contribution >= 4 is 6.08 Å². The maximum atomic E-state index is 3.40. The van der Waals surface area contributed by atoms with Crippen molar-refractivity contribution in [2.24, 2.45) is 5.92 Å². The normalized spacial score (nSPS) is 16.1. The van der Waals surface area contributed by atoms with E-state index in [1.807, 2.05) is 0 Å². The van der Waals surface area contributed by atoms with Crippen LogP contribution in [0.3, 0.4) is 0 Å². The Morgan fingerprint density at radius 3 is 2.33 bits per heavy atom. The molecule has 1 unspecified atom stereocenters. The fourth-order valence-corrected chi connectivity index (χ4v) is 1.75. The van der Waals surface area contributed by atoms with Gasteiger partial charge in [0.25, 0.3) is 0 Å². The van der Waals surface area contributed by atoms with E-state index in [4.69, 9.17) is 0 Å². The zero-order valence-electron chi connectivity index (χ0n) is 8.80. The molecule has 0 N–H and O–H groups in total. The average molecular weight is 407 g/mol. The number of rotatable bonds is 1. The van der Waals surface area contributed by atoms with Gasteiger partial charge in [-0.25, -0.2) is 6.08 Å². The van der Waals surface area contributed by atoms with Crippen LogP contribution in [0.4, 0.5) is 0 Å². The van der Waals surface area contributed by atoms with Crippen molar-refractivity contribution in [3.05, 3.63) is 41.5 Å². The Labute approximate surface area is 123 Å². The van der Waals surface area contributed by atoms with Crippen molar-refractivity contribution in [3.8, 4) is 0 Å². The Hall–Kier alpha value is 0.410. The number of fused-ring (bicyclic) bond motifs is 1. The van der Waals surface area contributed by atoms with Gasteiger partial charge in [-0.1, -0.05) is 43.9 Å². The van der Waals surface area contributed by atoms with Gasteiger partial charge in [-0.05, 0) is 0 Å². The Morgan fingerprint density at radius 1 is 1.13 bits per heavy atom. The van der Waals surface area contributed by atoms with Crippen molar-refractivity contribution in [1.82, 2.24) is 0 Å². The van der Waals surface area contributed by atoms with Crippen LogP contribution < -0.4 is 24.8 Å².